The zero-order chi connectivity index (χ0) is 12.7. The van der Waals surface area contributed by atoms with Crippen molar-refractivity contribution in [1.82, 2.24) is 4.98 Å². The predicted octanol–water partition coefficient (Wildman–Crippen LogP) is 4.75. The van der Waals surface area contributed by atoms with Crippen LogP contribution in [-0.4, -0.2) is 4.98 Å². The van der Waals surface area contributed by atoms with Gasteiger partial charge in [0.05, 0.1) is 5.69 Å². The van der Waals surface area contributed by atoms with Gasteiger partial charge in [-0.15, -0.1) is 0 Å². The standard InChI is InChI=1S/C14H22BrN/c1-9-10(15)8-11(13(2,3)4)16-12(9)14(5,6)7/h8H,1-7H3. The lowest BCUT2D eigenvalue weighted by Crippen LogP contribution is -2.21. The first kappa shape index (κ1) is 13.7. The van der Waals surface area contributed by atoms with Crippen LogP contribution < -0.4 is 0 Å². The van der Waals surface area contributed by atoms with E-state index >= 15 is 0 Å². The Kier molecular flexibility index (Phi) is 3.54. The minimum atomic E-state index is 0.0911. The zero-order valence-electron chi connectivity index (χ0n) is 11.4. The molecule has 0 radical (unpaired) electrons. The minimum Gasteiger partial charge on any atom is -0.256 e. The normalized spacial score (nSPS) is 13.0. The maximum Gasteiger partial charge on any atom is 0.0500 e. The summed E-state index contributed by atoms with van der Waals surface area (Å²) in [6, 6.07) is 2.14. The van der Waals surface area contributed by atoms with Gasteiger partial charge in [-0.3, -0.25) is 4.98 Å². The predicted molar refractivity (Wildman–Crippen MR) is 74.1 cm³/mol. The van der Waals surface area contributed by atoms with Crippen molar-refractivity contribution in [2.45, 2.75) is 59.3 Å². The molecule has 0 spiro atoms. The first-order valence-electron chi connectivity index (χ1n) is 5.71. The molecule has 0 aliphatic heterocycles. The lowest BCUT2D eigenvalue weighted by atomic mass is 9.86. The summed E-state index contributed by atoms with van der Waals surface area (Å²) in [5.41, 5.74) is 3.77. The van der Waals surface area contributed by atoms with Crippen LogP contribution in [0.1, 0.15) is 58.5 Å². The van der Waals surface area contributed by atoms with Crippen LogP contribution >= 0.6 is 15.9 Å². The Hall–Kier alpha value is -0.370. The Morgan fingerprint density at radius 3 is 1.88 bits per heavy atom. The van der Waals surface area contributed by atoms with Gasteiger partial charge in [0, 0.05) is 21.0 Å². The van der Waals surface area contributed by atoms with Crippen molar-refractivity contribution in [2.24, 2.45) is 0 Å². The molecule has 0 bridgehead atoms. The van der Waals surface area contributed by atoms with Gasteiger partial charge in [0.15, 0.2) is 0 Å². The molecule has 1 heterocycles. The van der Waals surface area contributed by atoms with Crippen LogP contribution in [0, 0.1) is 6.92 Å². The molecule has 1 rings (SSSR count). The Morgan fingerprint density at radius 2 is 1.50 bits per heavy atom. The smallest absolute Gasteiger partial charge is 0.0500 e. The van der Waals surface area contributed by atoms with Gasteiger partial charge in [-0.2, -0.15) is 0 Å². The van der Waals surface area contributed by atoms with Crippen molar-refractivity contribution in [3.05, 3.63) is 27.5 Å². The topological polar surface area (TPSA) is 12.9 Å². The number of rotatable bonds is 0. The molecule has 0 amide bonds. The summed E-state index contributed by atoms with van der Waals surface area (Å²) >= 11 is 3.64. The molecule has 0 unspecified atom stereocenters. The van der Waals surface area contributed by atoms with Gasteiger partial charge in [0.2, 0.25) is 0 Å². The highest BCUT2D eigenvalue weighted by Crippen LogP contribution is 2.32. The second-order valence-corrected chi connectivity index (χ2v) is 7.32. The van der Waals surface area contributed by atoms with E-state index in [4.69, 9.17) is 4.98 Å². The molecule has 2 heteroatoms. The average molecular weight is 284 g/mol. The monoisotopic (exact) mass is 283 g/mol. The second-order valence-electron chi connectivity index (χ2n) is 6.46. The molecule has 0 N–H and O–H groups in total. The quantitative estimate of drug-likeness (QED) is 0.670. The fourth-order valence-corrected chi connectivity index (χ4v) is 2.10. The Balaban J connectivity index is 3.46. The third-order valence-corrected chi connectivity index (χ3v) is 3.51. The van der Waals surface area contributed by atoms with Gasteiger partial charge in [0.1, 0.15) is 0 Å². The number of halogens is 1. The molecular formula is C14H22BrN. The van der Waals surface area contributed by atoms with Gasteiger partial charge < -0.3 is 0 Å². The van der Waals surface area contributed by atoms with E-state index in [9.17, 15) is 0 Å². The van der Waals surface area contributed by atoms with Gasteiger partial charge >= 0.3 is 0 Å². The Morgan fingerprint density at radius 1 is 1.00 bits per heavy atom. The van der Waals surface area contributed by atoms with E-state index in [2.05, 4.69) is 70.5 Å². The van der Waals surface area contributed by atoms with Crippen LogP contribution in [0.5, 0.6) is 0 Å². The summed E-state index contributed by atoms with van der Waals surface area (Å²) in [6.07, 6.45) is 0. The molecule has 0 aliphatic rings. The van der Waals surface area contributed by atoms with E-state index in [1.807, 2.05) is 0 Å². The van der Waals surface area contributed by atoms with E-state index in [-0.39, 0.29) is 10.8 Å². The van der Waals surface area contributed by atoms with Crippen LogP contribution in [-0.2, 0) is 10.8 Å². The molecule has 1 nitrogen and oxygen atoms in total. The third kappa shape index (κ3) is 2.85. The number of aromatic nitrogens is 1. The van der Waals surface area contributed by atoms with Crippen molar-refractivity contribution in [3.8, 4) is 0 Å². The maximum absolute atomic E-state index is 4.85. The highest BCUT2D eigenvalue weighted by Gasteiger charge is 2.24. The average Bonchev–Trinajstić information content (AvgIpc) is 2.05. The maximum atomic E-state index is 4.85. The summed E-state index contributed by atoms with van der Waals surface area (Å²) in [7, 11) is 0. The van der Waals surface area contributed by atoms with Crippen LogP contribution in [0.2, 0.25) is 0 Å². The lowest BCUT2D eigenvalue weighted by molar-refractivity contribution is 0.527. The van der Waals surface area contributed by atoms with Crippen molar-refractivity contribution < 1.29 is 0 Å². The summed E-state index contributed by atoms with van der Waals surface area (Å²) in [6.45, 7) is 15.4. The van der Waals surface area contributed by atoms with Crippen LogP contribution in [0.4, 0.5) is 0 Å². The summed E-state index contributed by atoms with van der Waals surface area (Å²) in [5.74, 6) is 0. The van der Waals surface area contributed by atoms with E-state index in [1.54, 1.807) is 0 Å². The van der Waals surface area contributed by atoms with Gasteiger partial charge in [-0.25, -0.2) is 0 Å². The largest absolute Gasteiger partial charge is 0.256 e. The van der Waals surface area contributed by atoms with Crippen molar-refractivity contribution in [1.29, 1.82) is 0 Å². The fourth-order valence-electron chi connectivity index (χ4n) is 1.69. The number of nitrogens with zero attached hydrogens (tertiary/aromatic N) is 1. The third-order valence-electron chi connectivity index (χ3n) is 2.69. The van der Waals surface area contributed by atoms with Crippen LogP contribution in [0.25, 0.3) is 0 Å². The molecule has 1 aromatic rings. The van der Waals surface area contributed by atoms with E-state index in [0.717, 1.165) is 10.2 Å². The summed E-state index contributed by atoms with van der Waals surface area (Å²) in [5, 5.41) is 0. The summed E-state index contributed by atoms with van der Waals surface area (Å²) in [4.78, 5) is 4.85. The van der Waals surface area contributed by atoms with Crippen molar-refractivity contribution >= 4 is 15.9 Å². The number of pyridine rings is 1. The molecule has 0 saturated carbocycles. The molecule has 0 fully saturated rings. The van der Waals surface area contributed by atoms with Crippen LogP contribution in [0.3, 0.4) is 0 Å². The Bertz CT molecular complexity index is 394. The molecular weight excluding hydrogens is 262 g/mol. The van der Waals surface area contributed by atoms with Crippen molar-refractivity contribution in [2.75, 3.05) is 0 Å². The first-order valence-corrected chi connectivity index (χ1v) is 6.51. The molecule has 1 aromatic heterocycles. The Labute approximate surface area is 108 Å². The molecule has 0 saturated heterocycles. The molecule has 0 aliphatic carbocycles. The summed E-state index contributed by atoms with van der Waals surface area (Å²) < 4.78 is 1.16. The first-order chi connectivity index (χ1) is 7.03. The fraction of sp³-hybridized carbons (Fsp3) is 0.643. The number of hydrogen-bond acceptors (Lipinski definition) is 1. The molecule has 16 heavy (non-hydrogen) atoms. The van der Waals surface area contributed by atoms with Crippen LogP contribution in [0.15, 0.2) is 10.5 Å². The molecule has 90 valence electrons. The van der Waals surface area contributed by atoms with E-state index < -0.39 is 0 Å². The molecule has 0 aromatic carbocycles. The van der Waals surface area contributed by atoms with Gasteiger partial charge in [-0.1, -0.05) is 57.5 Å². The highest BCUT2D eigenvalue weighted by molar-refractivity contribution is 9.10. The SMILES string of the molecule is Cc1c(Br)cc(C(C)(C)C)nc1C(C)(C)C. The van der Waals surface area contributed by atoms with E-state index in [0.29, 0.717) is 0 Å². The lowest BCUT2D eigenvalue weighted by Gasteiger charge is -2.26. The van der Waals surface area contributed by atoms with E-state index in [1.165, 1.54) is 11.3 Å². The molecule has 0 atom stereocenters. The zero-order valence-corrected chi connectivity index (χ0v) is 13.0. The highest BCUT2D eigenvalue weighted by atomic mass is 79.9. The van der Waals surface area contributed by atoms with Gasteiger partial charge in [-0.05, 0) is 18.6 Å². The van der Waals surface area contributed by atoms with Crippen molar-refractivity contribution in [3.63, 3.8) is 0 Å². The number of hydrogen-bond donors (Lipinski definition) is 0. The second kappa shape index (κ2) is 4.14. The minimum absolute atomic E-state index is 0.0911. The van der Waals surface area contributed by atoms with Gasteiger partial charge in [0.25, 0.3) is 0 Å².